The zero-order chi connectivity index (χ0) is 29.8. The van der Waals surface area contributed by atoms with Gasteiger partial charge < -0.3 is 24.0 Å². The number of anilines is 2. The highest BCUT2D eigenvalue weighted by molar-refractivity contribution is 7.55. The van der Waals surface area contributed by atoms with E-state index in [1.807, 2.05) is 36.4 Å². The molecule has 0 heterocycles. The molecule has 4 aromatic rings. The van der Waals surface area contributed by atoms with E-state index in [1.165, 1.54) is 0 Å². The van der Waals surface area contributed by atoms with Crippen LogP contribution in [0, 0.1) is 0 Å². The predicted octanol–water partition coefficient (Wildman–Crippen LogP) is 8.61. The number of carbonyl (C=O) groups excluding carboxylic acids is 1. The monoisotopic (exact) mass is 626 g/mol. The number of alkyl halides is 2. The lowest BCUT2D eigenvalue weighted by atomic mass is 10.1. The van der Waals surface area contributed by atoms with Gasteiger partial charge in [-0.3, -0.25) is 0 Å². The normalized spacial score (nSPS) is 11.8. The van der Waals surface area contributed by atoms with Crippen LogP contribution in [0.25, 0.3) is 0 Å². The third-order valence-electron chi connectivity index (χ3n) is 6.25. The smallest absolute Gasteiger partial charge is 0.457 e. The van der Waals surface area contributed by atoms with E-state index in [1.54, 1.807) is 79.7 Å². The first-order valence-electron chi connectivity index (χ1n) is 13.6. The van der Waals surface area contributed by atoms with Crippen molar-refractivity contribution in [3.8, 4) is 11.5 Å². The van der Waals surface area contributed by atoms with Gasteiger partial charge in [0.25, 0.3) is 0 Å². The Hall–Kier alpha value is -3.64. The molecule has 220 valence electrons. The second-order valence-electron chi connectivity index (χ2n) is 9.15. The second-order valence-corrected chi connectivity index (χ2v) is 11.9. The predicted molar refractivity (Wildman–Crippen MR) is 171 cm³/mol. The Morgan fingerprint density at radius 3 is 1.79 bits per heavy atom. The van der Waals surface area contributed by atoms with Gasteiger partial charge in [0.2, 0.25) is 0 Å². The molecule has 0 radical (unpaired) electrons. The van der Waals surface area contributed by atoms with Crippen molar-refractivity contribution in [1.29, 1.82) is 0 Å². The molecule has 7 nitrogen and oxygen atoms in total. The Balaban J connectivity index is 1.76. The molecule has 0 amide bonds. The molecule has 0 aliphatic rings. The van der Waals surface area contributed by atoms with E-state index in [0.29, 0.717) is 53.2 Å². The van der Waals surface area contributed by atoms with Gasteiger partial charge in [0, 0.05) is 36.2 Å². The molecule has 42 heavy (non-hydrogen) atoms. The van der Waals surface area contributed by atoms with Crippen molar-refractivity contribution in [3.63, 3.8) is 0 Å². The number of ether oxygens (including phenoxy) is 1. The number of rotatable bonds is 15. The summed E-state index contributed by atoms with van der Waals surface area (Å²) < 4.78 is 32.4. The average Bonchev–Trinajstić information content (AvgIpc) is 3.01. The van der Waals surface area contributed by atoms with Crippen molar-refractivity contribution in [2.75, 3.05) is 41.7 Å². The minimum atomic E-state index is -4.03. The number of halogens is 2. The van der Waals surface area contributed by atoms with Gasteiger partial charge in [-0.15, -0.1) is 23.2 Å². The highest BCUT2D eigenvalue weighted by atomic mass is 35.5. The van der Waals surface area contributed by atoms with Gasteiger partial charge in [-0.25, -0.2) is 9.36 Å². The summed E-state index contributed by atoms with van der Waals surface area (Å²) in [5.74, 6) is 0.349. The van der Waals surface area contributed by atoms with Gasteiger partial charge in [0.1, 0.15) is 11.5 Å². The molecule has 4 aromatic carbocycles. The second kappa shape index (κ2) is 15.5. The Morgan fingerprint density at radius 2 is 1.31 bits per heavy atom. The molecule has 0 aliphatic carbocycles. The van der Waals surface area contributed by atoms with Crippen molar-refractivity contribution in [2.24, 2.45) is 0 Å². The van der Waals surface area contributed by atoms with Crippen LogP contribution in [-0.4, -0.2) is 37.4 Å². The highest BCUT2D eigenvalue weighted by Crippen LogP contribution is 2.60. The number of hydrogen-bond acceptors (Lipinski definition) is 7. The summed E-state index contributed by atoms with van der Waals surface area (Å²) >= 11 is 12.0. The van der Waals surface area contributed by atoms with E-state index < -0.39 is 19.3 Å². The zero-order valence-corrected chi connectivity index (χ0v) is 25.6. The minimum absolute atomic E-state index is 0.279. The fourth-order valence-corrected chi connectivity index (χ4v) is 6.57. The molecular formula is C32H33Cl2N2O5P. The number of carbonyl (C=O) groups is 1. The number of para-hydroxylation sites is 2. The molecule has 0 saturated carbocycles. The molecule has 0 saturated heterocycles. The van der Waals surface area contributed by atoms with E-state index in [4.69, 9.17) is 37.0 Å². The van der Waals surface area contributed by atoms with Crippen LogP contribution in [0.3, 0.4) is 0 Å². The van der Waals surface area contributed by atoms with E-state index >= 15 is 0 Å². The molecule has 1 atom stereocenters. The molecule has 0 aromatic heterocycles. The number of esters is 1. The number of hydrogen-bond donors (Lipinski definition) is 1. The van der Waals surface area contributed by atoms with Crippen molar-refractivity contribution < 1.29 is 23.1 Å². The van der Waals surface area contributed by atoms with Gasteiger partial charge >= 0.3 is 13.6 Å². The third-order valence-corrected chi connectivity index (χ3v) is 8.58. The van der Waals surface area contributed by atoms with Gasteiger partial charge in [-0.2, -0.15) is 0 Å². The van der Waals surface area contributed by atoms with Crippen LogP contribution in [0.4, 0.5) is 11.4 Å². The zero-order valence-electron chi connectivity index (χ0n) is 23.2. The Morgan fingerprint density at radius 1 is 0.786 bits per heavy atom. The molecule has 0 spiro atoms. The topological polar surface area (TPSA) is 77.1 Å². The van der Waals surface area contributed by atoms with Crippen molar-refractivity contribution in [2.45, 2.75) is 12.7 Å². The first-order chi connectivity index (χ1) is 20.5. The molecule has 0 bridgehead atoms. The molecule has 0 aliphatic heterocycles. The van der Waals surface area contributed by atoms with Crippen LogP contribution >= 0.6 is 30.8 Å². The molecule has 1 N–H and O–H groups in total. The Bertz CT molecular complexity index is 1390. The molecule has 4 rings (SSSR count). The maximum absolute atomic E-state index is 14.9. The summed E-state index contributed by atoms with van der Waals surface area (Å²) in [6.07, 6.45) is 0. The molecule has 0 fully saturated rings. The summed E-state index contributed by atoms with van der Waals surface area (Å²) in [5.41, 5.74) is 2.61. The number of benzene rings is 4. The average molecular weight is 628 g/mol. The summed E-state index contributed by atoms with van der Waals surface area (Å²) in [6, 6.07) is 32.2. The fourth-order valence-electron chi connectivity index (χ4n) is 4.24. The minimum Gasteiger partial charge on any atom is -0.462 e. The maximum Gasteiger partial charge on any atom is 0.457 e. The lowest BCUT2D eigenvalue weighted by Gasteiger charge is -2.30. The SMILES string of the molecule is CCOC(=O)c1ccc(N[C@H](c2ccc(N(CCCl)CCCl)cc2)P(=O)(Oc2ccccc2)Oc2ccccc2)cc1. The van der Waals surface area contributed by atoms with E-state index in [2.05, 4.69) is 10.2 Å². The van der Waals surface area contributed by atoms with Crippen molar-refractivity contribution in [1.82, 2.24) is 0 Å². The van der Waals surface area contributed by atoms with Crippen LogP contribution in [-0.2, 0) is 9.30 Å². The Labute approximate surface area is 256 Å². The summed E-state index contributed by atoms with van der Waals surface area (Å²) in [4.78, 5) is 14.3. The number of nitrogens with one attached hydrogen (secondary N) is 1. The van der Waals surface area contributed by atoms with Gasteiger partial charge in [-0.05, 0) is 73.2 Å². The maximum atomic E-state index is 14.9. The molecule has 10 heteroatoms. The summed E-state index contributed by atoms with van der Waals surface area (Å²) in [5, 5.41) is 3.35. The van der Waals surface area contributed by atoms with Crippen LogP contribution in [0.1, 0.15) is 28.6 Å². The highest BCUT2D eigenvalue weighted by Gasteiger charge is 2.41. The fraction of sp³-hybridized carbons (Fsp3) is 0.219. The van der Waals surface area contributed by atoms with Crippen LogP contribution < -0.4 is 19.3 Å². The molecule has 0 unspecified atom stereocenters. The van der Waals surface area contributed by atoms with Crippen molar-refractivity contribution in [3.05, 3.63) is 120 Å². The first-order valence-corrected chi connectivity index (χ1v) is 16.2. The third kappa shape index (κ3) is 8.45. The van der Waals surface area contributed by atoms with Gasteiger partial charge in [0.05, 0.1) is 12.2 Å². The number of nitrogens with zero attached hydrogens (tertiary/aromatic N) is 1. The van der Waals surface area contributed by atoms with Crippen LogP contribution in [0.5, 0.6) is 11.5 Å². The van der Waals surface area contributed by atoms with Gasteiger partial charge in [0.15, 0.2) is 5.78 Å². The van der Waals surface area contributed by atoms with Gasteiger partial charge in [-0.1, -0.05) is 48.5 Å². The summed E-state index contributed by atoms with van der Waals surface area (Å²) in [6.45, 7) is 3.30. The lowest BCUT2D eigenvalue weighted by molar-refractivity contribution is 0.0526. The lowest BCUT2D eigenvalue weighted by Crippen LogP contribution is -2.27. The molecular weight excluding hydrogens is 594 g/mol. The Kier molecular flexibility index (Phi) is 11.6. The van der Waals surface area contributed by atoms with Crippen LogP contribution in [0.15, 0.2) is 109 Å². The quantitative estimate of drug-likeness (QED) is 0.0804. The standard InChI is InChI=1S/C32H33Cl2N2O5P/c1-2-39-32(37)26-13-17-27(18-14-26)35-31(25-15-19-28(20-16-25)36(23-21-33)24-22-34)42(38,40-29-9-5-3-6-10-29)41-30-11-7-4-8-12-30/h3-20,31,35H,2,21-24H2,1H3/t31-/m0/s1. The van der Waals surface area contributed by atoms with E-state index in [-0.39, 0.29) is 6.61 Å². The van der Waals surface area contributed by atoms with E-state index in [0.717, 1.165) is 5.69 Å². The van der Waals surface area contributed by atoms with Crippen molar-refractivity contribution >= 4 is 48.1 Å². The largest absolute Gasteiger partial charge is 0.462 e. The van der Waals surface area contributed by atoms with E-state index in [9.17, 15) is 9.36 Å². The van der Waals surface area contributed by atoms with Crippen LogP contribution in [0.2, 0.25) is 0 Å². The summed E-state index contributed by atoms with van der Waals surface area (Å²) in [7, 11) is -4.03. The first kappa shape index (κ1) is 31.3.